The van der Waals surface area contributed by atoms with Crippen LogP contribution in [-0.2, 0) is 9.59 Å². The quantitative estimate of drug-likeness (QED) is 0.779. The Morgan fingerprint density at radius 1 is 1.30 bits per heavy atom. The maximum atomic E-state index is 13.2. The minimum Gasteiger partial charge on any atom is -0.326 e. The highest BCUT2D eigenvalue weighted by Crippen LogP contribution is 2.27. The van der Waals surface area contributed by atoms with Crippen LogP contribution < -0.4 is 16.0 Å². The standard InChI is InChI=1S/C16H21F2N3O2/c1-3-5-14(22)20-11-6-4-7-12(10(11)2)21-15(23)13-8-16(17,18)9-19-13/h4,6-7,13,19H,3,5,8-9H2,1-2H3,(H,20,22)(H,21,23). The summed E-state index contributed by atoms with van der Waals surface area (Å²) in [5.74, 6) is -3.45. The lowest BCUT2D eigenvalue weighted by atomic mass is 10.1. The van der Waals surface area contributed by atoms with Crippen LogP contribution in [0.15, 0.2) is 18.2 Å². The summed E-state index contributed by atoms with van der Waals surface area (Å²) >= 11 is 0. The number of hydrogen-bond donors (Lipinski definition) is 3. The maximum Gasteiger partial charge on any atom is 0.262 e. The third-order valence-electron chi connectivity index (χ3n) is 3.77. The van der Waals surface area contributed by atoms with Gasteiger partial charge in [-0.05, 0) is 31.0 Å². The first-order valence-corrected chi connectivity index (χ1v) is 7.64. The van der Waals surface area contributed by atoms with Crippen LogP contribution in [-0.4, -0.2) is 30.3 Å². The minimum atomic E-state index is -2.85. The highest BCUT2D eigenvalue weighted by molar-refractivity contribution is 5.98. The smallest absolute Gasteiger partial charge is 0.262 e. The number of hydrogen-bond acceptors (Lipinski definition) is 3. The average Bonchev–Trinajstić information content (AvgIpc) is 2.84. The fourth-order valence-electron chi connectivity index (χ4n) is 2.47. The molecule has 5 nitrogen and oxygen atoms in total. The van der Waals surface area contributed by atoms with E-state index >= 15 is 0 Å². The lowest BCUT2D eigenvalue weighted by Gasteiger charge is -2.15. The van der Waals surface area contributed by atoms with E-state index < -0.39 is 30.8 Å². The van der Waals surface area contributed by atoms with Crippen molar-refractivity contribution in [3.8, 4) is 0 Å². The van der Waals surface area contributed by atoms with Gasteiger partial charge in [-0.3, -0.25) is 14.9 Å². The first-order valence-electron chi connectivity index (χ1n) is 7.64. The number of carbonyl (C=O) groups is 2. The zero-order valence-electron chi connectivity index (χ0n) is 13.2. The molecule has 23 heavy (non-hydrogen) atoms. The summed E-state index contributed by atoms with van der Waals surface area (Å²) in [6.45, 7) is 3.18. The predicted molar refractivity (Wildman–Crippen MR) is 84.7 cm³/mol. The number of nitrogens with one attached hydrogen (secondary N) is 3. The van der Waals surface area contributed by atoms with Crippen LogP contribution in [0.3, 0.4) is 0 Å². The Hall–Kier alpha value is -2.02. The summed E-state index contributed by atoms with van der Waals surface area (Å²) in [4.78, 5) is 23.8. The summed E-state index contributed by atoms with van der Waals surface area (Å²) in [5, 5.41) is 7.95. The van der Waals surface area contributed by atoms with E-state index in [0.717, 1.165) is 6.42 Å². The molecule has 0 radical (unpaired) electrons. The molecule has 126 valence electrons. The zero-order chi connectivity index (χ0) is 17.0. The Morgan fingerprint density at radius 3 is 2.52 bits per heavy atom. The summed E-state index contributed by atoms with van der Waals surface area (Å²) in [7, 11) is 0. The van der Waals surface area contributed by atoms with Gasteiger partial charge in [-0.2, -0.15) is 0 Å². The summed E-state index contributed by atoms with van der Waals surface area (Å²) in [6, 6.07) is 4.19. The SMILES string of the molecule is CCCC(=O)Nc1cccc(NC(=O)C2CC(F)(F)CN2)c1C. The topological polar surface area (TPSA) is 70.2 Å². The van der Waals surface area contributed by atoms with Crippen LogP contribution in [0, 0.1) is 6.92 Å². The van der Waals surface area contributed by atoms with Crippen LogP contribution in [0.5, 0.6) is 0 Å². The van der Waals surface area contributed by atoms with Gasteiger partial charge in [0.05, 0.1) is 12.6 Å². The molecule has 1 aromatic rings. The molecule has 1 saturated heterocycles. The van der Waals surface area contributed by atoms with Gasteiger partial charge in [0, 0.05) is 24.2 Å². The Labute approximate surface area is 133 Å². The molecular weight excluding hydrogens is 304 g/mol. The molecule has 2 amide bonds. The van der Waals surface area contributed by atoms with Crippen molar-refractivity contribution in [1.29, 1.82) is 0 Å². The molecule has 0 bridgehead atoms. The van der Waals surface area contributed by atoms with E-state index in [1.165, 1.54) is 0 Å². The lowest BCUT2D eigenvalue weighted by molar-refractivity contribution is -0.118. The Balaban J connectivity index is 2.06. The van der Waals surface area contributed by atoms with Crippen molar-refractivity contribution in [1.82, 2.24) is 5.32 Å². The number of carbonyl (C=O) groups excluding carboxylic acids is 2. The van der Waals surface area contributed by atoms with Gasteiger partial charge < -0.3 is 10.6 Å². The highest BCUT2D eigenvalue weighted by Gasteiger charge is 2.42. The monoisotopic (exact) mass is 325 g/mol. The van der Waals surface area contributed by atoms with Crippen LogP contribution in [0.4, 0.5) is 20.2 Å². The molecule has 2 rings (SSSR count). The highest BCUT2D eigenvalue weighted by atomic mass is 19.3. The molecule has 1 atom stereocenters. The van der Waals surface area contributed by atoms with Crippen molar-refractivity contribution >= 4 is 23.2 Å². The third kappa shape index (κ3) is 4.48. The van der Waals surface area contributed by atoms with Crippen LogP contribution in [0.25, 0.3) is 0 Å². The van der Waals surface area contributed by atoms with Gasteiger partial charge in [0.1, 0.15) is 0 Å². The zero-order valence-corrected chi connectivity index (χ0v) is 13.2. The normalized spacial score (nSPS) is 19.4. The summed E-state index contributed by atoms with van der Waals surface area (Å²) in [6.07, 6.45) is 0.644. The van der Waals surface area contributed by atoms with Gasteiger partial charge in [0.25, 0.3) is 5.92 Å². The molecule has 7 heteroatoms. The number of halogens is 2. The van der Waals surface area contributed by atoms with Crippen molar-refractivity contribution in [2.24, 2.45) is 0 Å². The number of amides is 2. The number of alkyl halides is 2. The molecule has 1 heterocycles. The molecule has 1 fully saturated rings. The third-order valence-corrected chi connectivity index (χ3v) is 3.77. The van der Waals surface area contributed by atoms with Crippen molar-refractivity contribution in [2.75, 3.05) is 17.2 Å². The molecule has 1 aromatic carbocycles. The predicted octanol–water partition coefficient (Wildman–Crippen LogP) is 2.67. The van der Waals surface area contributed by atoms with E-state index in [0.29, 0.717) is 23.4 Å². The van der Waals surface area contributed by atoms with E-state index in [-0.39, 0.29) is 5.91 Å². The molecule has 0 aliphatic carbocycles. The molecular formula is C16H21F2N3O2. The minimum absolute atomic E-state index is 0.101. The number of benzene rings is 1. The fourth-order valence-corrected chi connectivity index (χ4v) is 2.47. The van der Waals surface area contributed by atoms with Gasteiger partial charge in [-0.15, -0.1) is 0 Å². The Bertz CT molecular complexity index is 605. The second-order valence-electron chi connectivity index (χ2n) is 5.76. The number of anilines is 2. The van der Waals surface area contributed by atoms with Gasteiger partial charge in [-0.1, -0.05) is 13.0 Å². The Kier molecular flexibility index (Phi) is 5.30. The van der Waals surface area contributed by atoms with E-state index in [1.807, 2.05) is 6.92 Å². The second-order valence-corrected chi connectivity index (χ2v) is 5.76. The van der Waals surface area contributed by atoms with Crippen LogP contribution in [0.1, 0.15) is 31.7 Å². The second kappa shape index (κ2) is 7.04. The largest absolute Gasteiger partial charge is 0.326 e. The molecule has 1 aliphatic heterocycles. The first-order chi connectivity index (χ1) is 10.8. The van der Waals surface area contributed by atoms with Crippen molar-refractivity contribution in [3.05, 3.63) is 23.8 Å². The molecule has 1 aliphatic rings. The molecule has 0 saturated carbocycles. The van der Waals surface area contributed by atoms with Gasteiger partial charge in [-0.25, -0.2) is 8.78 Å². The van der Waals surface area contributed by atoms with E-state index in [9.17, 15) is 18.4 Å². The van der Waals surface area contributed by atoms with E-state index in [1.54, 1.807) is 25.1 Å². The van der Waals surface area contributed by atoms with Crippen molar-refractivity contribution in [2.45, 2.75) is 45.1 Å². The summed E-state index contributed by atoms with van der Waals surface area (Å²) in [5.41, 5.74) is 1.79. The van der Waals surface area contributed by atoms with E-state index in [2.05, 4.69) is 16.0 Å². The summed E-state index contributed by atoms with van der Waals surface area (Å²) < 4.78 is 26.3. The number of rotatable bonds is 5. The molecule has 0 aromatic heterocycles. The lowest BCUT2D eigenvalue weighted by Crippen LogP contribution is -2.35. The van der Waals surface area contributed by atoms with Crippen LogP contribution in [0.2, 0.25) is 0 Å². The van der Waals surface area contributed by atoms with Gasteiger partial charge >= 0.3 is 0 Å². The average molecular weight is 325 g/mol. The van der Waals surface area contributed by atoms with Crippen molar-refractivity contribution < 1.29 is 18.4 Å². The molecule has 3 N–H and O–H groups in total. The maximum absolute atomic E-state index is 13.2. The van der Waals surface area contributed by atoms with Gasteiger partial charge in [0.2, 0.25) is 11.8 Å². The van der Waals surface area contributed by atoms with Gasteiger partial charge in [0.15, 0.2) is 0 Å². The van der Waals surface area contributed by atoms with E-state index in [4.69, 9.17) is 0 Å². The van der Waals surface area contributed by atoms with Crippen molar-refractivity contribution in [3.63, 3.8) is 0 Å². The fraction of sp³-hybridized carbons (Fsp3) is 0.500. The molecule has 0 spiro atoms. The Morgan fingerprint density at radius 2 is 1.96 bits per heavy atom. The molecule has 1 unspecified atom stereocenters. The van der Waals surface area contributed by atoms with Crippen LogP contribution >= 0.6 is 0 Å². The first kappa shape index (κ1) is 17.3.